The van der Waals surface area contributed by atoms with Crippen LogP contribution in [0.5, 0.6) is 11.5 Å². The summed E-state index contributed by atoms with van der Waals surface area (Å²) in [6.45, 7) is 8.28. The summed E-state index contributed by atoms with van der Waals surface area (Å²) in [6.07, 6.45) is 5.34. The van der Waals surface area contributed by atoms with Crippen LogP contribution in [0.2, 0.25) is 5.02 Å². The first-order chi connectivity index (χ1) is 16.5. The van der Waals surface area contributed by atoms with Crippen LogP contribution in [0.1, 0.15) is 63.8 Å². The molecular weight excluding hydrogens is 452 g/mol. The predicted molar refractivity (Wildman–Crippen MR) is 136 cm³/mol. The van der Waals surface area contributed by atoms with Crippen molar-refractivity contribution in [3.63, 3.8) is 0 Å². The van der Waals surface area contributed by atoms with Crippen LogP contribution >= 0.6 is 11.6 Å². The molecule has 184 valence electrons. The number of imidazole rings is 1. The number of ether oxygens (including phenoxy) is 3. The first kappa shape index (κ1) is 25.9. The van der Waals surface area contributed by atoms with Crippen molar-refractivity contribution in [3.05, 3.63) is 52.8 Å². The highest BCUT2D eigenvalue weighted by atomic mass is 35.5. The van der Waals surface area contributed by atoms with Crippen molar-refractivity contribution in [1.29, 1.82) is 0 Å². The summed E-state index contributed by atoms with van der Waals surface area (Å²) in [5.74, 6) is 2.35. The lowest BCUT2D eigenvalue weighted by Gasteiger charge is -2.12. The maximum Gasteiger partial charge on any atom is 0.305 e. The summed E-state index contributed by atoms with van der Waals surface area (Å²) in [5.41, 5.74) is 2.92. The molecule has 0 bridgehead atoms. The summed E-state index contributed by atoms with van der Waals surface area (Å²) < 4.78 is 18.9. The molecule has 1 aromatic heterocycles. The van der Waals surface area contributed by atoms with Gasteiger partial charge in [0.1, 0.15) is 17.3 Å². The molecule has 0 unspecified atom stereocenters. The van der Waals surface area contributed by atoms with Gasteiger partial charge in [0.05, 0.1) is 37.4 Å². The minimum Gasteiger partial charge on any atom is -0.494 e. The van der Waals surface area contributed by atoms with Crippen LogP contribution in [0.4, 0.5) is 0 Å². The first-order valence-corrected chi connectivity index (χ1v) is 12.6. The van der Waals surface area contributed by atoms with E-state index in [0.717, 1.165) is 59.6 Å². The van der Waals surface area contributed by atoms with Crippen molar-refractivity contribution in [2.75, 3.05) is 19.8 Å². The van der Waals surface area contributed by atoms with Gasteiger partial charge in [0, 0.05) is 17.5 Å². The number of carbonyl (C=O) groups is 1. The Bertz CT molecular complexity index is 1080. The van der Waals surface area contributed by atoms with Gasteiger partial charge >= 0.3 is 5.97 Å². The van der Waals surface area contributed by atoms with Crippen molar-refractivity contribution >= 4 is 28.6 Å². The maximum atomic E-state index is 11.4. The zero-order chi connectivity index (χ0) is 24.3. The second-order valence-electron chi connectivity index (χ2n) is 8.32. The smallest absolute Gasteiger partial charge is 0.305 e. The van der Waals surface area contributed by atoms with E-state index >= 15 is 0 Å². The van der Waals surface area contributed by atoms with Crippen LogP contribution in [0.3, 0.4) is 0 Å². The van der Waals surface area contributed by atoms with Gasteiger partial charge in [-0.15, -0.1) is 0 Å². The van der Waals surface area contributed by atoms with Gasteiger partial charge < -0.3 is 18.8 Å². The van der Waals surface area contributed by atoms with Crippen molar-refractivity contribution in [2.45, 2.75) is 65.8 Å². The number of rotatable bonds is 14. The highest BCUT2D eigenvalue weighted by Gasteiger charge is 2.12. The molecule has 6 nitrogen and oxygen atoms in total. The number of carbonyl (C=O) groups excluding carboxylic acids is 1. The number of fused-ring (bicyclic) bond motifs is 1. The van der Waals surface area contributed by atoms with Crippen LogP contribution in [-0.2, 0) is 16.1 Å². The number of benzene rings is 2. The number of unbranched alkanes of at least 4 members (excludes halogenated alkanes) is 3. The van der Waals surface area contributed by atoms with Crippen molar-refractivity contribution in [3.8, 4) is 11.5 Å². The van der Waals surface area contributed by atoms with Crippen molar-refractivity contribution in [2.24, 2.45) is 0 Å². The summed E-state index contributed by atoms with van der Waals surface area (Å²) in [6, 6.07) is 11.8. The van der Waals surface area contributed by atoms with Gasteiger partial charge in [-0.2, -0.15) is 0 Å². The molecule has 0 atom stereocenters. The predicted octanol–water partition coefficient (Wildman–Crippen LogP) is 6.73. The van der Waals surface area contributed by atoms with E-state index in [-0.39, 0.29) is 5.97 Å². The highest BCUT2D eigenvalue weighted by molar-refractivity contribution is 6.31. The standard InChI is InChI=1S/C27H35ClN2O4/c1-4-6-8-15-33-22-12-11-21(24(28)17-22)19-30-20(3)29-25-14-13-23(18-26(25)30)34-16-9-7-10-27(31)32-5-2/h11-14,17-18H,4-10,15-16,19H2,1-3H3. The number of hydrogen-bond donors (Lipinski definition) is 0. The minimum atomic E-state index is -0.155. The minimum absolute atomic E-state index is 0.155. The Morgan fingerprint density at radius 1 is 0.971 bits per heavy atom. The average Bonchev–Trinajstić information content (AvgIpc) is 3.12. The molecule has 34 heavy (non-hydrogen) atoms. The molecule has 2 aromatic carbocycles. The lowest BCUT2D eigenvalue weighted by Crippen LogP contribution is -2.05. The van der Waals surface area contributed by atoms with Crippen LogP contribution < -0.4 is 9.47 Å². The molecule has 3 aromatic rings. The van der Waals surface area contributed by atoms with Gasteiger partial charge in [0.2, 0.25) is 0 Å². The third kappa shape index (κ3) is 7.39. The Labute approximate surface area is 207 Å². The lowest BCUT2D eigenvalue weighted by atomic mass is 10.2. The topological polar surface area (TPSA) is 62.6 Å². The second kappa shape index (κ2) is 13.2. The second-order valence-corrected chi connectivity index (χ2v) is 8.72. The quantitative estimate of drug-likeness (QED) is 0.187. The normalized spacial score (nSPS) is 11.1. The van der Waals surface area contributed by atoms with Gasteiger partial charge in [-0.1, -0.05) is 37.4 Å². The van der Waals surface area contributed by atoms with E-state index in [0.29, 0.717) is 37.8 Å². The van der Waals surface area contributed by atoms with Crippen LogP contribution in [0.25, 0.3) is 11.0 Å². The Morgan fingerprint density at radius 3 is 2.38 bits per heavy atom. The Morgan fingerprint density at radius 2 is 1.68 bits per heavy atom. The summed E-state index contributed by atoms with van der Waals surface area (Å²) in [4.78, 5) is 16.1. The van der Waals surface area contributed by atoms with Gasteiger partial charge in [-0.05, 0) is 62.9 Å². The molecule has 0 amide bonds. The van der Waals surface area contributed by atoms with Crippen LogP contribution in [0.15, 0.2) is 36.4 Å². The fraction of sp³-hybridized carbons (Fsp3) is 0.481. The van der Waals surface area contributed by atoms with Gasteiger partial charge in [-0.3, -0.25) is 4.79 Å². The largest absolute Gasteiger partial charge is 0.494 e. The molecule has 0 fully saturated rings. The molecule has 0 N–H and O–H groups in total. The van der Waals surface area contributed by atoms with E-state index < -0.39 is 0 Å². The number of halogens is 1. The zero-order valence-electron chi connectivity index (χ0n) is 20.4. The fourth-order valence-electron chi connectivity index (χ4n) is 3.77. The molecule has 0 saturated heterocycles. The number of aromatic nitrogens is 2. The summed E-state index contributed by atoms with van der Waals surface area (Å²) in [7, 11) is 0. The number of nitrogens with zero attached hydrogens (tertiary/aromatic N) is 2. The molecule has 7 heteroatoms. The van der Waals surface area contributed by atoms with E-state index in [1.807, 2.05) is 50.2 Å². The Balaban J connectivity index is 1.63. The van der Waals surface area contributed by atoms with E-state index in [1.54, 1.807) is 0 Å². The van der Waals surface area contributed by atoms with E-state index in [4.69, 9.17) is 30.8 Å². The molecule has 0 spiro atoms. The van der Waals surface area contributed by atoms with Gasteiger partial charge in [-0.25, -0.2) is 4.98 Å². The summed E-state index contributed by atoms with van der Waals surface area (Å²) >= 11 is 6.59. The maximum absolute atomic E-state index is 11.4. The molecule has 0 saturated carbocycles. The number of esters is 1. The Kier molecular flexibility index (Phi) is 10.1. The first-order valence-electron chi connectivity index (χ1n) is 12.2. The molecule has 0 aliphatic heterocycles. The number of hydrogen-bond acceptors (Lipinski definition) is 5. The lowest BCUT2D eigenvalue weighted by molar-refractivity contribution is -0.143. The molecule has 1 heterocycles. The van der Waals surface area contributed by atoms with Crippen molar-refractivity contribution < 1.29 is 19.0 Å². The average molecular weight is 487 g/mol. The zero-order valence-corrected chi connectivity index (χ0v) is 21.2. The van der Waals surface area contributed by atoms with E-state index in [1.165, 1.54) is 6.42 Å². The third-order valence-corrected chi connectivity index (χ3v) is 5.98. The van der Waals surface area contributed by atoms with Crippen LogP contribution in [-0.4, -0.2) is 35.3 Å². The fourth-order valence-corrected chi connectivity index (χ4v) is 4.00. The van der Waals surface area contributed by atoms with E-state index in [2.05, 4.69) is 11.5 Å². The summed E-state index contributed by atoms with van der Waals surface area (Å²) in [5, 5.41) is 0.684. The molecule has 3 rings (SSSR count). The molecular formula is C27H35ClN2O4. The highest BCUT2D eigenvalue weighted by Crippen LogP contribution is 2.27. The van der Waals surface area contributed by atoms with Gasteiger partial charge in [0.15, 0.2) is 0 Å². The van der Waals surface area contributed by atoms with Gasteiger partial charge in [0.25, 0.3) is 0 Å². The third-order valence-electron chi connectivity index (χ3n) is 5.63. The molecule has 0 radical (unpaired) electrons. The molecule has 0 aliphatic rings. The monoisotopic (exact) mass is 486 g/mol. The van der Waals surface area contributed by atoms with E-state index in [9.17, 15) is 4.79 Å². The van der Waals surface area contributed by atoms with Crippen molar-refractivity contribution in [1.82, 2.24) is 9.55 Å². The number of aryl methyl sites for hydroxylation is 1. The van der Waals surface area contributed by atoms with Crippen LogP contribution in [0, 0.1) is 6.92 Å². The Hall–Kier alpha value is -2.73. The SMILES string of the molecule is CCCCCOc1ccc(Cn2c(C)nc3ccc(OCCCCC(=O)OCC)cc32)c(Cl)c1. The molecule has 0 aliphatic carbocycles.